The molecule has 11 heteroatoms. The average molecular weight is 481 g/mol. The highest BCUT2D eigenvalue weighted by atomic mass is 35.5. The van der Waals surface area contributed by atoms with Crippen molar-refractivity contribution in [1.82, 2.24) is 14.6 Å². The number of alkyl halides is 3. The van der Waals surface area contributed by atoms with E-state index in [9.17, 15) is 23.4 Å². The van der Waals surface area contributed by atoms with E-state index in [4.69, 9.17) is 0 Å². The Labute approximate surface area is 192 Å². The Morgan fingerprint density at radius 1 is 1.06 bits per heavy atom. The fraction of sp³-hybridized carbons (Fsp3) is 0.182. The molecule has 0 unspecified atom stereocenters. The fourth-order valence-corrected chi connectivity index (χ4v) is 3.31. The third-order valence-electron chi connectivity index (χ3n) is 4.68. The number of benzene rings is 2. The zero-order valence-corrected chi connectivity index (χ0v) is 18.1. The van der Waals surface area contributed by atoms with Gasteiger partial charge < -0.3 is 20.3 Å². The lowest BCUT2D eigenvalue weighted by Gasteiger charge is -2.16. The molecule has 0 aliphatic heterocycles. The lowest BCUT2D eigenvalue weighted by Crippen LogP contribution is -2.18. The maximum absolute atomic E-state index is 12.8. The van der Waals surface area contributed by atoms with Crippen LogP contribution >= 0.6 is 12.4 Å². The molecule has 0 fully saturated rings. The third-order valence-corrected chi connectivity index (χ3v) is 4.68. The molecule has 33 heavy (non-hydrogen) atoms. The van der Waals surface area contributed by atoms with Crippen molar-refractivity contribution in [2.75, 3.05) is 11.9 Å². The van der Waals surface area contributed by atoms with Gasteiger partial charge in [0, 0.05) is 18.3 Å². The Hall–Kier alpha value is -3.50. The number of halogens is 4. The van der Waals surface area contributed by atoms with Crippen LogP contribution in [-0.2, 0) is 0 Å². The van der Waals surface area contributed by atoms with E-state index in [1.165, 1.54) is 30.3 Å². The number of nitrogens with zero attached hydrogens (tertiary/aromatic N) is 3. The van der Waals surface area contributed by atoms with E-state index in [0.717, 1.165) is 0 Å². The van der Waals surface area contributed by atoms with E-state index >= 15 is 0 Å². The summed E-state index contributed by atoms with van der Waals surface area (Å²) in [6.07, 6.45) is -3.66. The Morgan fingerprint density at radius 3 is 2.45 bits per heavy atom. The Bertz CT molecular complexity index is 1240. The maximum atomic E-state index is 12.8. The average Bonchev–Trinajstić information content (AvgIpc) is 3.22. The summed E-state index contributed by atoms with van der Waals surface area (Å²) in [5, 5.41) is 30.6. The molecule has 174 valence electrons. The van der Waals surface area contributed by atoms with Crippen LogP contribution in [-0.4, -0.2) is 43.8 Å². The minimum atomic E-state index is -4.83. The number of aliphatic hydroxyl groups is 1. The van der Waals surface area contributed by atoms with Crippen molar-refractivity contribution in [3.63, 3.8) is 0 Å². The predicted octanol–water partition coefficient (Wildman–Crippen LogP) is 4.88. The molecule has 0 bridgehead atoms. The smallest absolute Gasteiger partial charge is 0.508 e. The molecule has 7 nitrogen and oxygen atoms in total. The zero-order chi connectivity index (χ0) is 22.9. The molecule has 2 heterocycles. The van der Waals surface area contributed by atoms with Gasteiger partial charge in [0.05, 0.1) is 11.6 Å². The van der Waals surface area contributed by atoms with Crippen molar-refractivity contribution >= 4 is 23.9 Å². The molecule has 4 aromatic rings. The minimum Gasteiger partial charge on any atom is -0.508 e. The van der Waals surface area contributed by atoms with Crippen molar-refractivity contribution < 1.29 is 28.1 Å². The molecule has 0 saturated heterocycles. The van der Waals surface area contributed by atoms with Crippen LogP contribution in [0.5, 0.6) is 11.5 Å². The van der Waals surface area contributed by atoms with Gasteiger partial charge in [0.2, 0.25) is 5.95 Å². The summed E-state index contributed by atoms with van der Waals surface area (Å²) in [6, 6.07) is 13.6. The van der Waals surface area contributed by atoms with E-state index < -0.39 is 12.5 Å². The monoisotopic (exact) mass is 480 g/mol. The number of ether oxygens (including phenoxy) is 1. The molecular formula is C22H20ClF3N4O3. The first kappa shape index (κ1) is 24.1. The van der Waals surface area contributed by atoms with Crippen molar-refractivity contribution in [2.45, 2.75) is 19.4 Å². The Morgan fingerprint density at radius 2 is 1.79 bits per heavy atom. The molecule has 2 aromatic carbocycles. The number of phenols is 1. The number of aromatic nitrogens is 3. The molecular weight excluding hydrogens is 461 g/mol. The van der Waals surface area contributed by atoms with Crippen molar-refractivity contribution in [3.05, 3.63) is 60.8 Å². The van der Waals surface area contributed by atoms with Gasteiger partial charge in [0.15, 0.2) is 0 Å². The molecule has 1 atom stereocenters. The highest BCUT2D eigenvalue weighted by Gasteiger charge is 2.31. The highest BCUT2D eigenvalue weighted by Crippen LogP contribution is 2.38. The van der Waals surface area contributed by atoms with Crippen LogP contribution in [0.1, 0.15) is 6.92 Å². The van der Waals surface area contributed by atoms with Crippen LogP contribution in [0.2, 0.25) is 0 Å². The molecule has 0 spiro atoms. The number of aromatic hydroxyl groups is 1. The quantitative estimate of drug-likeness (QED) is 0.364. The second-order valence-corrected chi connectivity index (χ2v) is 7.17. The molecule has 0 aliphatic rings. The molecule has 0 saturated carbocycles. The van der Waals surface area contributed by atoms with Gasteiger partial charge in [-0.1, -0.05) is 12.1 Å². The van der Waals surface area contributed by atoms with Gasteiger partial charge >= 0.3 is 6.36 Å². The summed E-state index contributed by atoms with van der Waals surface area (Å²) in [5.74, 6) is 0.0667. The summed E-state index contributed by atoms with van der Waals surface area (Å²) < 4.78 is 44.2. The van der Waals surface area contributed by atoms with Crippen molar-refractivity contribution in [2.24, 2.45) is 0 Å². The number of anilines is 1. The maximum Gasteiger partial charge on any atom is 0.573 e. The second kappa shape index (κ2) is 9.55. The number of hydrogen-bond acceptors (Lipinski definition) is 6. The predicted molar refractivity (Wildman–Crippen MR) is 120 cm³/mol. The Kier molecular flexibility index (Phi) is 6.99. The van der Waals surface area contributed by atoms with E-state index in [1.807, 2.05) is 0 Å². The third kappa shape index (κ3) is 5.47. The topological polar surface area (TPSA) is 91.9 Å². The summed E-state index contributed by atoms with van der Waals surface area (Å²) in [5.41, 5.74) is 2.63. The number of phenolic OH excluding ortho intramolecular Hbond substituents is 1. The number of aliphatic hydroxyl groups excluding tert-OH is 1. The summed E-state index contributed by atoms with van der Waals surface area (Å²) in [6.45, 7) is 1.90. The zero-order valence-electron chi connectivity index (χ0n) is 17.2. The standard InChI is InChI=1S/C22H19F3N4O3.ClH/c1-13(30)12-26-21-28-27-20(19-3-2-10-29(19)21)17-9-8-16(32-22(23,24)25)11-18(17)14-4-6-15(31)7-5-14;/h2-11,13,30-31H,12H2,1H3,(H,26,28);1H/t13-;/m1./s1. The van der Waals surface area contributed by atoms with E-state index in [1.54, 1.807) is 41.8 Å². The number of nitrogens with one attached hydrogen (secondary N) is 1. The summed E-state index contributed by atoms with van der Waals surface area (Å²) >= 11 is 0. The molecule has 0 aliphatic carbocycles. The van der Waals surface area contributed by atoms with Gasteiger partial charge in [0.1, 0.15) is 17.2 Å². The van der Waals surface area contributed by atoms with Gasteiger partial charge in [-0.05, 0) is 60.5 Å². The number of fused-ring (bicyclic) bond motifs is 1. The number of rotatable bonds is 6. The molecule has 0 radical (unpaired) electrons. The van der Waals surface area contributed by atoms with Crippen LogP contribution < -0.4 is 10.1 Å². The lowest BCUT2D eigenvalue weighted by atomic mass is 9.96. The second-order valence-electron chi connectivity index (χ2n) is 7.17. The van der Waals surface area contributed by atoms with Gasteiger partial charge in [-0.15, -0.1) is 35.8 Å². The van der Waals surface area contributed by atoms with Gasteiger partial charge in [-0.2, -0.15) is 0 Å². The van der Waals surface area contributed by atoms with Crippen LogP contribution in [0.25, 0.3) is 27.9 Å². The fourth-order valence-electron chi connectivity index (χ4n) is 3.31. The molecule has 0 amide bonds. The van der Waals surface area contributed by atoms with E-state index in [2.05, 4.69) is 20.3 Å². The van der Waals surface area contributed by atoms with Crippen molar-refractivity contribution in [3.8, 4) is 33.9 Å². The van der Waals surface area contributed by atoms with Crippen LogP contribution in [0.15, 0.2) is 60.8 Å². The molecule has 2 aromatic heterocycles. The van der Waals surface area contributed by atoms with Crippen LogP contribution in [0.3, 0.4) is 0 Å². The first-order valence-electron chi connectivity index (χ1n) is 9.66. The summed E-state index contributed by atoms with van der Waals surface area (Å²) in [4.78, 5) is 0. The normalized spacial score (nSPS) is 12.3. The molecule has 4 rings (SSSR count). The minimum absolute atomic E-state index is 0. The largest absolute Gasteiger partial charge is 0.573 e. The SMILES string of the molecule is C[C@@H](O)CNc1nnc(-c2ccc(OC(F)(F)F)cc2-c2ccc(O)cc2)c2cccn12.Cl. The van der Waals surface area contributed by atoms with Gasteiger partial charge in [-0.3, -0.25) is 4.40 Å². The lowest BCUT2D eigenvalue weighted by molar-refractivity contribution is -0.274. The highest BCUT2D eigenvalue weighted by molar-refractivity contribution is 5.89. The van der Waals surface area contributed by atoms with Crippen LogP contribution in [0.4, 0.5) is 19.1 Å². The van der Waals surface area contributed by atoms with E-state index in [-0.39, 0.29) is 30.5 Å². The summed E-state index contributed by atoms with van der Waals surface area (Å²) in [7, 11) is 0. The van der Waals surface area contributed by atoms with E-state index in [0.29, 0.717) is 33.8 Å². The number of hydrogen-bond donors (Lipinski definition) is 3. The van der Waals surface area contributed by atoms with Crippen molar-refractivity contribution in [1.29, 1.82) is 0 Å². The first-order chi connectivity index (χ1) is 15.2. The van der Waals surface area contributed by atoms with Gasteiger partial charge in [-0.25, -0.2) is 0 Å². The van der Waals surface area contributed by atoms with Gasteiger partial charge in [0.25, 0.3) is 0 Å². The Balaban J connectivity index is 0.00000306. The molecule has 3 N–H and O–H groups in total. The van der Waals surface area contributed by atoms with Crippen LogP contribution in [0, 0.1) is 0 Å². The first-order valence-corrected chi connectivity index (χ1v) is 9.66.